The average molecular weight is 451 g/mol. The molecule has 5 rings (SSSR count). The van der Waals surface area contributed by atoms with Gasteiger partial charge in [0, 0.05) is 12.4 Å². The number of fused-ring (bicyclic) bond motifs is 3. The fourth-order valence-corrected chi connectivity index (χ4v) is 5.06. The van der Waals surface area contributed by atoms with E-state index in [1.54, 1.807) is 7.11 Å². The molecule has 0 saturated carbocycles. The van der Waals surface area contributed by atoms with Crippen LogP contribution < -0.4 is 20.9 Å². The second-order valence-corrected chi connectivity index (χ2v) is 8.96. The van der Waals surface area contributed by atoms with Crippen LogP contribution in [0.15, 0.2) is 66.0 Å². The van der Waals surface area contributed by atoms with Crippen molar-refractivity contribution in [2.24, 2.45) is 5.10 Å². The zero-order valence-electron chi connectivity index (χ0n) is 18.0. The third-order valence-corrected chi connectivity index (χ3v) is 6.83. The molecule has 3 heterocycles. The van der Waals surface area contributed by atoms with Crippen LogP contribution in [-0.2, 0) is 4.79 Å². The van der Waals surface area contributed by atoms with Gasteiger partial charge < -0.3 is 20.0 Å². The first-order valence-electron chi connectivity index (χ1n) is 10.6. The molecule has 1 saturated heterocycles. The maximum Gasteiger partial charge on any atom is 0.234 e. The highest BCUT2D eigenvalue weighted by Crippen LogP contribution is 2.35. The number of hydrazone groups is 1. The molecular formula is C23H26N6O2S. The van der Waals surface area contributed by atoms with Gasteiger partial charge in [-0.2, -0.15) is 5.10 Å². The van der Waals surface area contributed by atoms with Crippen molar-refractivity contribution in [1.29, 1.82) is 0 Å². The number of nitrogens with one attached hydrogen (secondary N) is 3. The highest BCUT2D eigenvalue weighted by molar-refractivity contribution is 8.14. The Morgan fingerprint density at radius 3 is 2.91 bits per heavy atom. The number of rotatable bonds is 5. The summed E-state index contributed by atoms with van der Waals surface area (Å²) < 4.78 is 5.35. The Kier molecular flexibility index (Phi) is 5.67. The van der Waals surface area contributed by atoms with Crippen LogP contribution in [0.5, 0.6) is 5.75 Å². The molecule has 3 N–H and O–H groups in total. The number of hydrazine groups is 1. The van der Waals surface area contributed by atoms with E-state index >= 15 is 0 Å². The first-order chi connectivity index (χ1) is 15.6. The molecule has 0 aromatic heterocycles. The number of hydrogen-bond donors (Lipinski definition) is 3. The van der Waals surface area contributed by atoms with E-state index < -0.39 is 0 Å². The Bertz CT molecular complexity index is 1060. The number of hydrogen-bond acceptors (Lipinski definition) is 8. The van der Waals surface area contributed by atoms with E-state index in [2.05, 4.69) is 55.4 Å². The van der Waals surface area contributed by atoms with E-state index in [-0.39, 0.29) is 29.9 Å². The van der Waals surface area contributed by atoms with Crippen molar-refractivity contribution >= 4 is 28.5 Å². The Morgan fingerprint density at radius 1 is 1.25 bits per heavy atom. The highest BCUT2D eigenvalue weighted by Gasteiger charge is 2.44. The Balaban J connectivity index is 1.19. The predicted octanol–water partition coefficient (Wildman–Crippen LogP) is 2.98. The molecule has 3 unspecified atom stereocenters. The van der Waals surface area contributed by atoms with Gasteiger partial charge in [-0.05, 0) is 36.6 Å². The van der Waals surface area contributed by atoms with Crippen LogP contribution in [0.25, 0.3) is 0 Å². The summed E-state index contributed by atoms with van der Waals surface area (Å²) in [5, 5.41) is 10.4. The summed E-state index contributed by atoms with van der Waals surface area (Å²) in [5.74, 6) is 0.808. The first kappa shape index (κ1) is 20.7. The Hall–Kier alpha value is -3.17. The summed E-state index contributed by atoms with van der Waals surface area (Å²) >= 11 is 1.42. The van der Waals surface area contributed by atoms with E-state index in [0.717, 1.165) is 17.2 Å². The van der Waals surface area contributed by atoms with Crippen molar-refractivity contribution in [3.8, 4) is 5.75 Å². The molecule has 166 valence electrons. The molecule has 0 radical (unpaired) electrons. The number of amides is 1. The topological polar surface area (TPSA) is 81.2 Å². The van der Waals surface area contributed by atoms with E-state index in [4.69, 9.17) is 4.74 Å². The number of aryl methyl sites for hydroxylation is 1. The highest BCUT2D eigenvalue weighted by atomic mass is 32.2. The summed E-state index contributed by atoms with van der Waals surface area (Å²) in [6, 6.07) is 16.7. The van der Waals surface area contributed by atoms with Crippen molar-refractivity contribution in [1.82, 2.24) is 20.8 Å². The minimum Gasteiger partial charge on any atom is -0.495 e. The van der Waals surface area contributed by atoms with Gasteiger partial charge in [-0.15, -0.1) is 0 Å². The molecule has 3 atom stereocenters. The number of carbonyl (C=O) groups excluding carboxylic acids is 1. The smallest absolute Gasteiger partial charge is 0.234 e. The lowest BCUT2D eigenvalue weighted by atomic mass is 10.00. The van der Waals surface area contributed by atoms with Gasteiger partial charge in [-0.25, -0.2) is 5.43 Å². The molecule has 0 aliphatic carbocycles. The largest absolute Gasteiger partial charge is 0.495 e. The van der Waals surface area contributed by atoms with Crippen LogP contribution in [0.2, 0.25) is 0 Å². The molecule has 0 bridgehead atoms. The number of nitrogens with zero attached hydrogens (tertiary/aromatic N) is 3. The summed E-state index contributed by atoms with van der Waals surface area (Å²) in [7, 11) is 1.60. The molecule has 1 amide bonds. The van der Waals surface area contributed by atoms with Crippen LogP contribution in [0.4, 0.5) is 5.69 Å². The Morgan fingerprint density at radius 2 is 2.09 bits per heavy atom. The third-order valence-electron chi connectivity index (χ3n) is 5.87. The van der Waals surface area contributed by atoms with E-state index in [1.807, 2.05) is 43.6 Å². The average Bonchev–Trinajstić information content (AvgIpc) is 3.42. The van der Waals surface area contributed by atoms with Gasteiger partial charge >= 0.3 is 0 Å². The van der Waals surface area contributed by atoms with Crippen molar-refractivity contribution in [2.45, 2.75) is 31.6 Å². The molecule has 8 nitrogen and oxygen atoms in total. The maximum absolute atomic E-state index is 12.6. The number of methoxy groups -OCH3 is 1. The van der Waals surface area contributed by atoms with Gasteiger partial charge in [-0.3, -0.25) is 10.2 Å². The lowest BCUT2D eigenvalue weighted by Gasteiger charge is -2.36. The molecule has 3 aliphatic rings. The van der Waals surface area contributed by atoms with Crippen molar-refractivity contribution < 1.29 is 9.53 Å². The van der Waals surface area contributed by atoms with Crippen LogP contribution in [0, 0.1) is 6.92 Å². The van der Waals surface area contributed by atoms with Gasteiger partial charge in [-0.1, -0.05) is 48.2 Å². The van der Waals surface area contributed by atoms with Gasteiger partial charge in [0.15, 0.2) is 5.17 Å². The number of carbonyl (C=O) groups is 1. The SMILES string of the molecule is COc1ccc(C)cc1NC(=O)CSC1=NNC2C3CC(c4ccccc4)NN3C=CN12. The number of benzene rings is 2. The van der Waals surface area contributed by atoms with E-state index in [9.17, 15) is 4.79 Å². The molecule has 9 heteroatoms. The van der Waals surface area contributed by atoms with Gasteiger partial charge in [0.05, 0.1) is 30.6 Å². The fourth-order valence-electron chi connectivity index (χ4n) is 4.29. The van der Waals surface area contributed by atoms with Crippen LogP contribution in [0.1, 0.15) is 23.6 Å². The van der Waals surface area contributed by atoms with Crippen molar-refractivity contribution in [3.05, 3.63) is 72.1 Å². The molecule has 32 heavy (non-hydrogen) atoms. The molecule has 2 aromatic carbocycles. The number of ether oxygens (including phenoxy) is 1. The summed E-state index contributed by atoms with van der Waals surface area (Å²) in [5.41, 5.74) is 9.85. The van der Waals surface area contributed by atoms with Gasteiger partial charge in [0.1, 0.15) is 11.9 Å². The molecule has 2 aromatic rings. The van der Waals surface area contributed by atoms with Crippen molar-refractivity contribution in [3.63, 3.8) is 0 Å². The second-order valence-electron chi connectivity index (χ2n) is 8.02. The molecular weight excluding hydrogens is 424 g/mol. The first-order valence-corrected chi connectivity index (χ1v) is 11.6. The quantitative estimate of drug-likeness (QED) is 0.646. The maximum atomic E-state index is 12.6. The van der Waals surface area contributed by atoms with E-state index in [0.29, 0.717) is 11.4 Å². The van der Waals surface area contributed by atoms with Crippen LogP contribution in [0.3, 0.4) is 0 Å². The summed E-state index contributed by atoms with van der Waals surface area (Å²) in [6.07, 6.45) is 5.05. The zero-order valence-corrected chi connectivity index (χ0v) is 18.8. The number of amidine groups is 1. The summed E-state index contributed by atoms with van der Waals surface area (Å²) in [4.78, 5) is 14.7. The zero-order chi connectivity index (χ0) is 22.1. The predicted molar refractivity (Wildman–Crippen MR) is 127 cm³/mol. The fraction of sp³-hybridized carbons (Fsp3) is 0.304. The van der Waals surface area contributed by atoms with Crippen LogP contribution in [-0.4, -0.2) is 46.1 Å². The Labute approximate surface area is 191 Å². The molecule has 3 aliphatic heterocycles. The minimum absolute atomic E-state index is 0.0311. The van der Waals surface area contributed by atoms with Gasteiger partial charge in [0.2, 0.25) is 5.91 Å². The standard InChI is InChI=1S/C23H26N6O2S/c1-15-8-9-20(31-2)18(12-15)24-21(30)14-32-23-26-25-22-19-13-17(16-6-4-3-5-7-16)27-29(19)11-10-28(22)23/h3-12,17,19,22,25,27H,13-14H2,1-2H3,(H,24,30). The van der Waals surface area contributed by atoms with Crippen molar-refractivity contribution in [2.75, 3.05) is 18.2 Å². The molecule has 0 spiro atoms. The lowest BCUT2D eigenvalue weighted by Crippen LogP contribution is -2.54. The second kappa shape index (κ2) is 8.76. The van der Waals surface area contributed by atoms with Gasteiger partial charge in [0.25, 0.3) is 0 Å². The summed E-state index contributed by atoms with van der Waals surface area (Å²) in [6.45, 7) is 1.98. The number of thioether (sulfide) groups is 1. The monoisotopic (exact) mass is 450 g/mol. The molecule has 1 fully saturated rings. The van der Waals surface area contributed by atoms with Crippen LogP contribution >= 0.6 is 11.8 Å². The lowest BCUT2D eigenvalue weighted by molar-refractivity contribution is -0.113. The normalized spacial score (nSPS) is 23.3. The van der Waals surface area contributed by atoms with E-state index in [1.165, 1.54) is 17.3 Å². The third kappa shape index (κ3) is 4.01. The number of anilines is 1. The minimum atomic E-state index is -0.0978.